The molecule has 0 heterocycles. The highest BCUT2D eigenvalue weighted by Crippen LogP contribution is 2.64. The Labute approximate surface area is 270 Å². The first-order valence-corrected chi connectivity index (χ1v) is 15.5. The second kappa shape index (κ2) is 13.7. The van der Waals surface area contributed by atoms with Gasteiger partial charge in [-0.1, -0.05) is 63.3 Å². The van der Waals surface area contributed by atoms with E-state index >= 15 is 0 Å². The SMILES string of the molecule is CCCC[C@H]1CC[C@H](C2CCC(c3ccc(C(=O)C(F)(F)C(F)(F)C(F)(F)C(F)(F)C(F)(F)C(F)(F)C(F)(F)C(F)(F)F)cc3)CC2)CC1. The van der Waals surface area contributed by atoms with E-state index in [-0.39, 0.29) is 5.92 Å². The maximum absolute atomic E-state index is 14.5. The molecule has 2 fully saturated rings. The minimum Gasteiger partial charge on any atom is -0.287 e. The van der Waals surface area contributed by atoms with Crippen molar-refractivity contribution in [3.05, 3.63) is 35.4 Å². The Morgan fingerprint density at radius 3 is 1.35 bits per heavy atom. The zero-order chi connectivity index (χ0) is 37.6. The van der Waals surface area contributed by atoms with Crippen molar-refractivity contribution in [2.75, 3.05) is 0 Å². The number of ketones is 1. The van der Waals surface area contributed by atoms with Gasteiger partial charge in [0.05, 0.1) is 0 Å². The third-order valence-corrected chi connectivity index (χ3v) is 9.95. The van der Waals surface area contributed by atoms with Gasteiger partial charge in [-0.25, -0.2) is 0 Å². The summed E-state index contributed by atoms with van der Waals surface area (Å²) in [6.45, 7) is 2.13. The van der Waals surface area contributed by atoms with Gasteiger partial charge >= 0.3 is 47.6 Å². The van der Waals surface area contributed by atoms with Crippen LogP contribution in [-0.2, 0) is 0 Å². The van der Waals surface area contributed by atoms with Gasteiger partial charge in [0.25, 0.3) is 0 Å². The molecule has 3 rings (SSSR count). The van der Waals surface area contributed by atoms with Crippen molar-refractivity contribution in [3.63, 3.8) is 0 Å². The maximum atomic E-state index is 14.5. The lowest BCUT2D eigenvalue weighted by atomic mass is 9.68. The highest BCUT2D eigenvalue weighted by atomic mass is 19.4. The summed E-state index contributed by atoms with van der Waals surface area (Å²) in [6, 6.07) is 2.81. The Morgan fingerprint density at radius 1 is 0.551 bits per heavy atom. The van der Waals surface area contributed by atoms with E-state index in [4.69, 9.17) is 0 Å². The van der Waals surface area contributed by atoms with Gasteiger partial charge in [-0.3, -0.25) is 4.79 Å². The van der Waals surface area contributed by atoms with Crippen LogP contribution in [0.15, 0.2) is 24.3 Å². The first-order chi connectivity index (χ1) is 22.1. The molecular formula is C31H33F17O. The summed E-state index contributed by atoms with van der Waals surface area (Å²) in [7, 11) is 0. The first kappa shape index (κ1) is 41.1. The van der Waals surface area contributed by atoms with Gasteiger partial charge in [-0.2, -0.15) is 74.6 Å². The molecule has 2 saturated carbocycles. The summed E-state index contributed by atoms with van der Waals surface area (Å²) in [5, 5.41) is 0. The highest BCUT2D eigenvalue weighted by molar-refractivity contribution is 6.02. The second-order valence-corrected chi connectivity index (χ2v) is 13.0. The van der Waals surface area contributed by atoms with Crippen LogP contribution < -0.4 is 0 Å². The normalized spacial score (nSPS) is 24.2. The zero-order valence-electron chi connectivity index (χ0n) is 25.7. The molecule has 2 aliphatic rings. The number of carbonyl (C=O) groups is 1. The van der Waals surface area contributed by atoms with E-state index in [0.717, 1.165) is 57.1 Å². The van der Waals surface area contributed by atoms with Crippen LogP contribution in [0.25, 0.3) is 0 Å². The molecule has 0 aliphatic heterocycles. The number of Topliss-reactive ketones (excluding diaryl/α,β-unsaturated/α-hetero) is 1. The Hall–Kier alpha value is -2.30. The van der Waals surface area contributed by atoms with Crippen LogP contribution in [0.1, 0.15) is 99.4 Å². The Balaban J connectivity index is 1.75. The van der Waals surface area contributed by atoms with Crippen LogP contribution in [0, 0.1) is 17.8 Å². The quantitative estimate of drug-likeness (QED) is 0.145. The van der Waals surface area contributed by atoms with Gasteiger partial charge in [-0.15, -0.1) is 0 Å². The zero-order valence-corrected chi connectivity index (χ0v) is 25.7. The third kappa shape index (κ3) is 6.87. The van der Waals surface area contributed by atoms with Crippen molar-refractivity contribution in [2.24, 2.45) is 17.8 Å². The number of alkyl halides is 17. The Bertz CT molecular complexity index is 1270. The molecule has 0 N–H and O–H groups in total. The molecule has 0 spiro atoms. The van der Waals surface area contributed by atoms with Crippen LogP contribution in [0.5, 0.6) is 0 Å². The summed E-state index contributed by atoms with van der Waals surface area (Å²) in [6.07, 6.45) is 2.90. The standard InChI is InChI=1S/C31H33F17O/c1-2-3-4-17-5-7-18(8-6-17)19-9-11-20(12-10-19)21-13-15-22(16-14-21)23(49)24(32,33)25(34,35)26(36,37)27(38,39)28(40,41)29(42,43)30(44,45)31(46,47)48/h13-20H,2-12H2,1H3/t17-,18-,19?,20?. The monoisotopic (exact) mass is 744 g/mol. The van der Waals surface area contributed by atoms with Crippen LogP contribution in [0.4, 0.5) is 74.6 Å². The summed E-state index contributed by atoms with van der Waals surface area (Å²) in [5.41, 5.74) is -1.14. The topological polar surface area (TPSA) is 17.1 Å². The molecule has 1 nitrogen and oxygen atoms in total. The molecule has 2 aliphatic carbocycles. The van der Waals surface area contributed by atoms with E-state index < -0.39 is 59.0 Å². The molecule has 18 heteroatoms. The van der Waals surface area contributed by atoms with Gasteiger partial charge in [0.2, 0.25) is 5.78 Å². The summed E-state index contributed by atoms with van der Waals surface area (Å²) in [4.78, 5) is 12.2. The van der Waals surface area contributed by atoms with Gasteiger partial charge in [0.1, 0.15) is 0 Å². The smallest absolute Gasteiger partial charge is 0.287 e. The van der Waals surface area contributed by atoms with Crippen molar-refractivity contribution >= 4 is 5.78 Å². The average Bonchev–Trinajstić information content (AvgIpc) is 3.02. The van der Waals surface area contributed by atoms with Crippen molar-refractivity contribution in [2.45, 2.75) is 131 Å². The van der Waals surface area contributed by atoms with E-state index in [1.54, 1.807) is 0 Å². The summed E-state index contributed by atoms with van der Waals surface area (Å²) >= 11 is 0. The van der Waals surface area contributed by atoms with Crippen LogP contribution >= 0.6 is 0 Å². The molecule has 0 amide bonds. The number of carbonyl (C=O) groups excluding carboxylic acids is 1. The fourth-order valence-electron chi connectivity index (χ4n) is 6.76. The Morgan fingerprint density at radius 2 is 0.939 bits per heavy atom. The maximum Gasteiger partial charge on any atom is 0.460 e. The van der Waals surface area contributed by atoms with E-state index in [9.17, 15) is 79.4 Å². The molecule has 0 atom stereocenters. The van der Waals surface area contributed by atoms with Crippen molar-refractivity contribution in [1.82, 2.24) is 0 Å². The number of unbranched alkanes of at least 4 members (excludes halogenated alkanes) is 1. The summed E-state index contributed by atoms with van der Waals surface area (Å²) < 4.78 is 231. The molecule has 1 aromatic carbocycles. The van der Waals surface area contributed by atoms with E-state index in [1.165, 1.54) is 12.8 Å². The second-order valence-electron chi connectivity index (χ2n) is 13.0. The van der Waals surface area contributed by atoms with Gasteiger partial charge in [0, 0.05) is 5.56 Å². The molecule has 282 valence electrons. The molecule has 0 saturated heterocycles. The van der Waals surface area contributed by atoms with E-state index in [1.807, 2.05) is 0 Å². The molecule has 49 heavy (non-hydrogen) atoms. The predicted octanol–water partition coefficient (Wildman–Crippen LogP) is 12.1. The van der Waals surface area contributed by atoms with Gasteiger partial charge < -0.3 is 0 Å². The van der Waals surface area contributed by atoms with E-state index in [2.05, 4.69) is 6.92 Å². The van der Waals surface area contributed by atoms with Crippen molar-refractivity contribution in [1.29, 1.82) is 0 Å². The van der Waals surface area contributed by atoms with Crippen LogP contribution in [0.2, 0.25) is 0 Å². The number of benzene rings is 1. The molecule has 0 unspecified atom stereocenters. The lowest BCUT2D eigenvalue weighted by Gasteiger charge is -2.42. The minimum absolute atomic E-state index is 0.204. The number of halogens is 17. The van der Waals surface area contributed by atoms with Crippen LogP contribution in [-0.4, -0.2) is 53.4 Å². The molecule has 1 aromatic rings. The largest absolute Gasteiger partial charge is 0.460 e. The van der Waals surface area contributed by atoms with Crippen molar-refractivity contribution in [3.8, 4) is 0 Å². The first-order valence-electron chi connectivity index (χ1n) is 15.5. The predicted molar refractivity (Wildman–Crippen MR) is 141 cm³/mol. The van der Waals surface area contributed by atoms with E-state index in [0.29, 0.717) is 48.3 Å². The Kier molecular flexibility index (Phi) is 11.5. The number of hydrogen-bond donors (Lipinski definition) is 0. The third-order valence-electron chi connectivity index (χ3n) is 9.95. The fraction of sp³-hybridized carbons (Fsp3) is 0.774. The lowest BCUT2D eigenvalue weighted by molar-refractivity contribution is -0.459. The average molecular weight is 745 g/mol. The fourth-order valence-corrected chi connectivity index (χ4v) is 6.76. The molecular weight excluding hydrogens is 711 g/mol. The number of rotatable bonds is 13. The van der Waals surface area contributed by atoms with Gasteiger partial charge in [-0.05, 0) is 67.8 Å². The lowest BCUT2D eigenvalue weighted by Crippen LogP contribution is -2.75. The van der Waals surface area contributed by atoms with Gasteiger partial charge in [0.15, 0.2) is 0 Å². The molecule has 0 radical (unpaired) electrons. The summed E-state index contributed by atoms with van der Waals surface area (Å²) in [5.74, 6) is -59.9. The molecule has 0 aromatic heterocycles. The molecule has 0 bridgehead atoms. The number of hydrogen-bond acceptors (Lipinski definition) is 1. The minimum atomic E-state index is -8.74. The highest BCUT2D eigenvalue weighted by Gasteiger charge is 2.95. The van der Waals surface area contributed by atoms with Crippen molar-refractivity contribution < 1.29 is 79.4 Å². The van der Waals surface area contributed by atoms with Crippen LogP contribution in [0.3, 0.4) is 0 Å².